The molecule has 3 nitrogen and oxygen atoms in total. The maximum atomic E-state index is 11.5. The molecule has 0 amide bonds. The molecule has 0 radical (unpaired) electrons. The van der Waals surface area contributed by atoms with E-state index >= 15 is 0 Å². The summed E-state index contributed by atoms with van der Waals surface area (Å²) in [5.41, 5.74) is 1.38. The van der Waals surface area contributed by atoms with Crippen molar-refractivity contribution in [1.82, 2.24) is 0 Å². The third-order valence-corrected chi connectivity index (χ3v) is 3.21. The highest BCUT2D eigenvalue weighted by molar-refractivity contribution is 5.86. The number of carbonyl (C=O) groups excluding carboxylic acids is 1. The van der Waals surface area contributed by atoms with Crippen LogP contribution in [0, 0.1) is 0 Å². The molecule has 0 unspecified atom stereocenters. The number of esters is 1. The number of ether oxygens (including phenoxy) is 1. The zero-order chi connectivity index (χ0) is 14.8. The fourth-order valence-electron chi connectivity index (χ4n) is 2.01. The van der Waals surface area contributed by atoms with Crippen molar-refractivity contribution >= 4 is 5.97 Å². The molecule has 0 aliphatic carbocycles. The summed E-state index contributed by atoms with van der Waals surface area (Å²) in [5, 5.41) is 0. The lowest BCUT2D eigenvalue weighted by molar-refractivity contribution is 0.0488. The summed E-state index contributed by atoms with van der Waals surface area (Å²) in [6.07, 6.45) is 9.20. The average molecular weight is 278 g/mol. The van der Waals surface area contributed by atoms with Crippen LogP contribution in [0.15, 0.2) is 28.2 Å². The Kier molecular flexibility index (Phi) is 7.78. The van der Waals surface area contributed by atoms with Gasteiger partial charge in [0.1, 0.15) is 5.76 Å². The summed E-state index contributed by atoms with van der Waals surface area (Å²) < 4.78 is 10.4. The molecule has 1 aromatic rings. The van der Waals surface area contributed by atoms with Crippen LogP contribution in [0.3, 0.4) is 0 Å². The highest BCUT2D eigenvalue weighted by Crippen LogP contribution is 2.14. The Balaban J connectivity index is 2.38. The van der Waals surface area contributed by atoms with E-state index in [0.29, 0.717) is 6.61 Å². The highest BCUT2D eigenvalue weighted by Gasteiger charge is 2.11. The van der Waals surface area contributed by atoms with E-state index in [2.05, 4.69) is 19.9 Å². The zero-order valence-corrected chi connectivity index (χ0v) is 12.9. The van der Waals surface area contributed by atoms with Gasteiger partial charge in [-0.25, -0.2) is 4.79 Å². The molecule has 0 bridgehead atoms. The van der Waals surface area contributed by atoms with E-state index in [9.17, 15) is 4.79 Å². The van der Waals surface area contributed by atoms with Crippen LogP contribution in [0.25, 0.3) is 0 Å². The Bertz CT molecular complexity index is 429. The van der Waals surface area contributed by atoms with Gasteiger partial charge in [-0.05, 0) is 38.8 Å². The van der Waals surface area contributed by atoms with Gasteiger partial charge >= 0.3 is 5.97 Å². The summed E-state index contributed by atoms with van der Waals surface area (Å²) in [7, 11) is 0. The molecule has 0 aromatic carbocycles. The van der Waals surface area contributed by atoms with Crippen molar-refractivity contribution < 1.29 is 13.9 Å². The predicted octanol–water partition coefficient (Wildman–Crippen LogP) is 4.92. The summed E-state index contributed by atoms with van der Waals surface area (Å²) in [6, 6.07) is 3.52. The number of furan rings is 1. The Morgan fingerprint density at radius 2 is 2.05 bits per heavy atom. The molecule has 3 heteroatoms. The van der Waals surface area contributed by atoms with Crippen molar-refractivity contribution in [3.05, 3.63) is 35.3 Å². The molecule has 0 N–H and O–H groups in total. The van der Waals surface area contributed by atoms with Gasteiger partial charge in [-0.2, -0.15) is 0 Å². The highest BCUT2D eigenvalue weighted by atomic mass is 16.5. The van der Waals surface area contributed by atoms with Gasteiger partial charge in [-0.1, -0.05) is 37.8 Å². The Morgan fingerprint density at radius 3 is 2.75 bits per heavy atom. The number of rotatable bonds is 9. The summed E-state index contributed by atoms with van der Waals surface area (Å²) in [4.78, 5) is 11.5. The molecule has 1 aromatic heterocycles. The molecule has 1 rings (SSSR count). The first-order chi connectivity index (χ1) is 9.67. The van der Waals surface area contributed by atoms with Crippen molar-refractivity contribution in [1.29, 1.82) is 0 Å². The molecule has 0 saturated heterocycles. The van der Waals surface area contributed by atoms with E-state index < -0.39 is 0 Å². The van der Waals surface area contributed by atoms with Gasteiger partial charge in [0.05, 0.1) is 6.61 Å². The molecule has 0 aliphatic heterocycles. The lowest BCUT2D eigenvalue weighted by atomic mass is 10.1. The number of hydrogen-bond donors (Lipinski definition) is 0. The lowest BCUT2D eigenvalue weighted by Gasteiger charge is -2.01. The molecule has 112 valence electrons. The second kappa shape index (κ2) is 9.40. The fraction of sp³-hybridized carbons (Fsp3) is 0.588. The van der Waals surface area contributed by atoms with Gasteiger partial charge < -0.3 is 9.15 Å². The van der Waals surface area contributed by atoms with Crippen molar-refractivity contribution in [3.63, 3.8) is 0 Å². The zero-order valence-electron chi connectivity index (χ0n) is 12.9. The number of hydrogen-bond acceptors (Lipinski definition) is 3. The number of carbonyl (C=O) groups is 1. The molecular formula is C17H26O3. The SMILES string of the molecule is CCCCCC/C(C)=C/Cc1ccc(C(=O)OCC)o1. The Labute approximate surface area is 122 Å². The molecule has 0 atom stereocenters. The van der Waals surface area contributed by atoms with Crippen LogP contribution in [-0.4, -0.2) is 12.6 Å². The summed E-state index contributed by atoms with van der Waals surface area (Å²) in [6.45, 7) is 6.53. The van der Waals surface area contributed by atoms with Gasteiger partial charge in [0, 0.05) is 6.42 Å². The average Bonchev–Trinajstić information content (AvgIpc) is 2.90. The minimum atomic E-state index is -0.390. The topological polar surface area (TPSA) is 39.4 Å². The van der Waals surface area contributed by atoms with E-state index in [4.69, 9.17) is 9.15 Å². The van der Waals surface area contributed by atoms with Gasteiger partial charge in [-0.15, -0.1) is 0 Å². The first-order valence-corrected chi connectivity index (χ1v) is 7.58. The second-order valence-corrected chi connectivity index (χ2v) is 5.05. The Morgan fingerprint density at radius 1 is 1.25 bits per heavy atom. The third kappa shape index (κ3) is 6.09. The van der Waals surface area contributed by atoms with E-state index in [1.54, 1.807) is 13.0 Å². The van der Waals surface area contributed by atoms with Crippen molar-refractivity contribution in [2.45, 2.75) is 59.3 Å². The van der Waals surface area contributed by atoms with Gasteiger partial charge in [0.2, 0.25) is 5.76 Å². The van der Waals surface area contributed by atoms with Gasteiger partial charge in [0.25, 0.3) is 0 Å². The molecule has 0 fully saturated rings. The van der Waals surface area contributed by atoms with Crippen LogP contribution in [0.5, 0.6) is 0 Å². The fourth-order valence-corrected chi connectivity index (χ4v) is 2.01. The van der Waals surface area contributed by atoms with E-state index in [-0.39, 0.29) is 11.7 Å². The molecular weight excluding hydrogens is 252 g/mol. The van der Waals surface area contributed by atoms with Gasteiger partial charge in [-0.3, -0.25) is 0 Å². The van der Waals surface area contributed by atoms with E-state index in [1.165, 1.54) is 31.3 Å². The quantitative estimate of drug-likeness (QED) is 0.366. The van der Waals surface area contributed by atoms with Crippen molar-refractivity contribution in [3.8, 4) is 0 Å². The van der Waals surface area contributed by atoms with Crippen molar-refractivity contribution in [2.75, 3.05) is 6.61 Å². The van der Waals surface area contributed by atoms with E-state index in [0.717, 1.165) is 18.6 Å². The standard InChI is InChI=1S/C17H26O3/c1-4-6-7-8-9-14(3)10-11-15-12-13-16(20-15)17(18)19-5-2/h10,12-13H,4-9,11H2,1-3H3/b14-10+. The smallest absolute Gasteiger partial charge is 0.374 e. The van der Waals surface area contributed by atoms with Crippen LogP contribution in [0.2, 0.25) is 0 Å². The van der Waals surface area contributed by atoms with Crippen LogP contribution < -0.4 is 0 Å². The third-order valence-electron chi connectivity index (χ3n) is 3.21. The van der Waals surface area contributed by atoms with Crippen LogP contribution in [-0.2, 0) is 11.2 Å². The predicted molar refractivity (Wildman–Crippen MR) is 80.9 cm³/mol. The lowest BCUT2D eigenvalue weighted by Crippen LogP contribution is -2.02. The maximum absolute atomic E-state index is 11.5. The minimum absolute atomic E-state index is 0.288. The molecule has 0 spiro atoms. The van der Waals surface area contributed by atoms with Crippen LogP contribution in [0.4, 0.5) is 0 Å². The Hall–Kier alpha value is -1.51. The van der Waals surface area contributed by atoms with Crippen molar-refractivity contribution in [2.24, 2.45) is 0 Å². The monoisotopic (exact) mass is 278 g/mol. The molecule has 1 heterocycles. The largest absolute Gasteiger partial charge is 0.460 e. The molecule has 0 saturated carbocycles. The molecule has 20 heavy (non-hydrogen) atoms. The first kappa shape index (κ1) is 16.5. The maximum Gasteiger partial charge on any atom is 0.374 e. The van der Waals surface area contributed by atoms with Crippen LogP contribution in [0.1, 0.15) is 69.2 Å². The number of allylic oxidation sites excluding steroid dienone is 2. The minimum Gasteiger partial charge on any atom is -0.460 e. The van der Waals surface area contributed by atoms with Gasteiger partial charge in [0.15, 0.2) is 0 Å². The summed E-state index contributed by atoms with van der Waals surface area (Å²) >= 11 is 0. The van der Waals surface area contributed by atoms with E-state index in [1.807, 2.05) is 6.07 Å². The normalized spacial score (nSPS) is 11.7. The first-order valence-electron chi connectivity index (χ1n) is 7.58. The second-order valence-electron chi connectivity index (χ2n) is 5.05. The summed E-state index contributed by atoms with van der Waals surface area (Å²) in [5.74, 6) is 0.704. The molecule has 0 aliphatic rings. The van der Waals surface area contributed by atoms with Crippen LogP contribution >= 0.6 is 0 Å². The number of unbranched alkanes of at least 4 members (excludes halogenated alkanes) is 3.